The number of hydrogen-bond acceptors (Lipinski definition) is 4. The molecule has 0 aliphatic carbocycles. The van der Waals surface area contributed by atoms with E-state index in [2.05, 4.69) is 20.6 Å². The summed E-state index contributed by atoms with van der Waals surface area (Å²) < 4.78 is 8.56. The largest absolute Gasteiger partial charge is 0.365 e. The first-order valence-electron chi connectivity index (χ1n) is 10.1. The number of fused-ring (bicyclic) bond motifs is 1. The molecule has 1 fully saturated rings. The molecule has 1 aromatic carbocycles. The van der Waals surface area contributed by atoms with Crippen LogP contribution in [-0.4, -0.2) is 44.0 Å². The van der Waals surface area contributed by atoms with Gasteiger partial charge in [-0.3, -0.25) is 9.78 Å². The van der Waals surface area contributed by atoms with Crippen molar-refractivity contribution in [1.82, 2.24) is 19.4 Å². The Balaban J connectivity index is 1.28. The third kappa shape index (κ3) is 3.56. The fourth-order valence-electron chi connectivity index (χ4n) is 4.35. The molecule has 148 valence electrons. The summed E-state index contributed by atoms with van der Waals surface area (Å²) in [5.74, 6) is 1.15. The second-order valence-electron chi connectivity index (χ2n) is 7.90. The molecule has 3 aromatic rings. The molecule has 0 unspecified atom stereocenters. The van der Waals surface area contributed by atoms with Crippen molar-refractivity contribution in [3.05, 3.63) is 72.4 Å². The van der Waals surface area contributed by atoms with Gasteiger partial charge in [0.25, 0.3) is 0 Å². The van der Waals surface area contributed by atoms with Gasteiger partial charge in [0.1, 0.15) is 12.4 Å². The van der Waals surface area contributed by atoms with E-state index >= 15 is 0 Å². The van der Waals surface area contributed by atoms with E-state index in [1.54, 1.807) is 6.20 Å². The molecule has 0 atom stereocenters. The molecule has 6 nitrogen and oxygen atoms in total. The van der Waals surface area contributed by atoms with E-state index in [0.29, 0.717) is 13.0 Å². The van der Waals surface area contributed by atoms with Crippen molar-refractivity contribution in [2.75, 3.05) is 13.1 Å². The van der Waals surface area contributed by atoms with E-state index in [9.17, 15) is 4.79 Å². The van der Waals surface area contributed by atoms with Crippen molar-refractivity contribution in [1.29, 1.82) is 0 Å². The van der Waals surface area contributed by atoms with Gasteiger partial charge in [0.2, 0.25) is 5.91 Å². The van der Waals surface area contributed by atoms with Crippen LogP contribution in [0, 0.1) is 0 Å². The molecule has 4 heterocycles. The summed E-state index contributed by atoms with van der Waals surface area (Å²) >= 11 is 0. The molecule has 0 bridgehead atoms. The molecule has 1 spiro atoms. The number of nitrogens with zero attached hydrogens (tertiary/aromatic N) is 4. The van der Waals surface area contributed by atoms with Gasteiger partial charge < -0.3 is 14.2 Å². The number of pyridine rings is 1. The van der Waals surface area contributed by atoms with Crippen LogP contribution in [0.2, 0.25) is 0 Å². The number of imidazole rings is 1. The lowest BCUT2D eigenvalue weighted by Gasteiger charge is -2.44. The molecular weight excluding hydrogens is 364 g/mol. The van der Waals surface area contributed by atoms with Crippen LogP contribution in [0.15, 0.2) is 61.1 Å². The maximum absolute atomic E-state index is 12.7. The predicted octanol–water partition coefficient (Wildman–Crippen LogP) is 3.08. The third-order valence-electron chi connectivity index (χ3n) is 6.07. The summed E-state index contributed by atoms with van der Waals surface area (Å²) in [5, 5.41) is 0. The number of carbonyl (C=O) groups is 1. The number of piperidine rings is 1. The second-order valence-corrected chi connectivity index (χ2v) is 7.90. The third-order valence-corrected chi connectivity index (χ3v) is 6.07. The van der Waals surface area contributed by atoms with Crippen molar-refractivity contribution < 1.29 is 9.53 Å². The molecule has 5 rings (SSSR count). The number of rotatable bonds is 3. The van der Waals surface area contributed by atoms with Crippen molar-refractivity contribution in [2.45, 2.75) is 38.0 Å². The van der Waals surface area contributed by atoms with E-state index < -0.39 is 0 Å². The van der Waals surface area contributed by atoms with Crippen LogP contribution < -0.4 is 0 Å². The minimum absolute atomic E-state index is 0.196. The lowest BCUT2D eigenvalue weighted by atomic mass is 9.89. The van der Waals surface area contributed by atoms with Gasteiger partial charge in [0.05, 0.1) is 30.5 Å². The number of hydrogen-bond donors (Lipinski definition) is 0. The first-order valence-corrected chi connectivity index (χ1v) is 10.1. The highest BCUT2D eigenvalue weighted by Crippen LogP contribution is 2.35. The summed E-state index contributed by atoms with van der Waals surface area (Å²) in [7, 11) is 0. The normalized spacial score (nSPS) is 17.9. The van der Waals surface area contributed by atoms with Crippen LogP contribution in [0.1, 0.15) is 24.2 Å². The Morgan fingerprint density at radius 2 is 1.90 bits per heavy atom. The topological polar surface area (TPSA) is 60.2 Å². The average Bonchev–Trinajstić information content (AvgIpc) is 3.18. The van der Waals surface area contributed by atoms with Crippen molar-refractivity contribution in [3.8, 4) is 11.3 Å². The van der Waals surface area contributed by atoms with Gasteiger partial charge in [-0.25, -0.2) is 4.98 Å². The Morgan fingerprint density at radius 3 is 2.66 bits per heavy atom. The summed E-state index contributed by atoms with van der Waals surface area (Å²) in [6.07, 6.45) is 7.72. The lowest BCUT2D eigenvalue weighted by Crippen LogP contribution is -2.52. The molecule has 6 heteroatoms. The van der Waals surface area contributed by atoms with Crippen LogP contribution >= 0.6 is 0 Å². The molecule has 0 radical (unpaired) electrons. The highest BCUT2D eigenvalue weighted by Gasteiger charge is 2.41. The summed E-state index contributed by atoms with van der Waals surface area (Å²) in [6, 6.07) is 14.0. The first kappa shape index (κ1) is 18.1. The zero-order chi connectivity index (χ0) is 19.7. The van der Waals surface area contributed by atoms with Crippen LogP contribution in [0.3, 0.4) is 0 Å². The van der Waals surface area contributed by atoms with Gasteiger partial charge in [0, 0.05) is 31.0 Å². The minimum atomic E-state index is -0.228. The molecular formula is C23H24N4O2. The van der Waals surface area contributed by atoms with E-state index in [1.165, 1.54) is 0 Å². The highest BCUT2D eigenvalue weighted by molar-refractivity contribution is 5.78. The summed E-state index contributed by atoms with van der Waals surface area (Å²) in [4.78, 5) is 23.5. The van der Waals surface area contributed by atoms with Gasteiger partial charge in [-0.15, -0.1) is 0 Å². The fraction of sp³-hybridized carbons (Fsp3) is 0.348. The molecule has 1 saturated heterocycles. The number of ether oxygens (including phenoxy) is 1. The Hall–Kier alpha value is -2.99. The Labute approximate surface area is 170 Å². The predicted molar refractivity (Wildman–Crippen MR) is 109 cm³/mol. The zero-order valence-corrected chi connectivity index (χ0v) is 16.3. The quantitative estimate of drug-likeness (QED) is 0.692. The van der Waals surface area contributed by atoms with E-state index in [4.69, 9.17) is 4.74 Å². The van der Waals surface area contributed by atoms with Crippen LogP contribution in [-0.2, 0) is 29.1 Å². The maximum atomic E-state index is 12.7. The fourth-order valence-corrected chi connectivity index (χ4v) is 4.35. The van der Waals surface area contributed by atoms with E-state index in [0.717, 1.165) is 55.1 Å². The maximum Gasteiger partial charge on any atom is 0.226 e. The Morgan fingerprint density at radius 1 is 1.07 bits per heavy atom. The minimum Gasteiger partial charge on any atom is -0.365 e. The zero-order valence-electron chi connectivity index (χ0n) is 16.3. The average molecular weight is 388 g/mol. The molecule has 1 amide bonds. The lowest BCUT2D eigenvalue weighted by molar-refractivity contribution is -0.145. The number of likely N-dealkylation sites (tertiary alicyclic amines) is 1. The van der Waals surface area contributed by atoms with Crippen molar-refractivity contribution >= 4 is 5.91 Å². The smallest absolute Gasteiger partial charge is 0.226 e. The Bertz CT molecular complexity index is 992. The van der Waals surface area contributed by atoms with E-state index in [1.807, 2.05) is 53.7 Å². The SMILES string of the molecule is O=C(Cc1ccccc1)N1CCC2(CC1)Cn1c(-c3cccnc3)cnc1CO2. The number of benzene rings is 1. The molecule has 2 aliphatic rings. The second kappa shape index (κ2) is 7.44. The number of aromatic nitrogens is 3. The Kier molecular flexibility index (Phi) is 4.64. The van der Waals surface area contributed by atoms with Gasteiger partial charge in [-0.2, -0.15) is 0 Å². The van der Waals surface area contributed by atoms with Gasteiger partial charge in [0.15, 0.2) is 0 Å². The molecule has 0 saturated carbocycles. The molecule has 0 N–H and O–H groups in total. The van der Waals surface area contributed by atoms with Gasteiger partial charge in [-0.05, 0) is 30.5 Å². The highest BCUT2D eigenvalue weighted by atomic mass is 16.5. The summed E-state index contributed by atoms with van der Waals surface area (Å²) in [6.45, 7) is 2.75. The molecule has 2 aliphatic heterocycles. The van der Waals surface area contributed by atoms with Crippen LogP contribution in [0.4, 0.5) is 0 Å². The standard InChI is InChI=1S/C23H24N4O2/c28-22(13-18-5-2-1-3-6-18)26-11-8-23(9-12-26)17-27-20(15-25-21(27)16-29-23)19-7-4-10-24-14-19/h1-7,10,14-15H,8-9,11-13,16-17H2. The van der Waals surface area contributed by atoms with Crippen LogP contribution in [0.25, 0.3) is 11.3 Å². The van der Waals surface area contributed by atoms with Gasteiger partial charge >= 0.3 is 0 Å². The first-order chi connectivity index (χ1) is 14.2. The number of carbonyl (C=O) groups excluding carboxylic acids is 1. The van der Waals surface area contributed by atoms with Crippen molar-refractivity contribution in [2.24, 2.45) is 0 Å². The summed E-state index contributed by atoms with van der Waals surface area (Å²) in [5.41, 5.74) is 2.99. The van der Waals surface area contributed by atoms with Crippen LogP contribution in [0.5, 0.6) is 0 Å². The van der Waals surface area contributed by atoms with Gasteiger partial charge in [-0.1, -0.05) is 30.3 Å². The van der Waals surface area contributed by atoms with E-state index in [-0.39, 0.29) is 11.5 Å². The van der Waals surface area contributed by atoms with Crippen molar-refractivity contribution in [3.63, 3.8) is 0 Å². The monoisotopic (exact) mass is 388 g/mol. The molecule has 2 aromatic heterocycles. The number of amides is 1. The molecule has 29 heavy (non-hydrogen) atoms.